The van der Waals surface area contributed by atoms with E-state index in [0.29, 0.717) is 0 Å². The Hall–Kier alpha value is -0.740. The van der Waals surface area contributed by atoms with Gasteiger partial charge in [0.1, 0.15) is 0 Å². The molecule has 0 N–H and O–H groups in total. The van der Waals surface area contributed by atoms with Crippen LogP contribution in [-0.4, -0.2) is 0 Å². The Balaban J connectivity index is 2.49. The summed E-state index contributed by atoms with van der Waals surface area (Å²) in [6.45, 7) is 4.30. The second kappa shape index (κ2) is 5.00. The summed E-state index contributed by atoms with van der Waals surface area (Å²) in [5.74, 6) is 6.39. The second-order valence-corrected chi connectivity index (χ2v) is 3.75. The summed E-state index contributed by atoms with van der Waals surface area (Å²) in [5, 5.41) is 2.10. The van der Waals surface area contributed by atoms with Gasteiger partial charge < -0.3 is 0 Å². The van der Waals surface area contributed by atoms with E-state index in [2.05, 4.69) is 37.1 Å². The molecule has 0 aliphatic carbocycles. The van der Waals surface area contributed by atoms with Gasteiger partial charge in [0.15, 0.2) is 0 Å². The van der Waals surface area contributed by atoms with E-state index >= 15 is 0 Å². The molecule has 12 heavy (non-hydrogen) atoms. The smallest absolute Gasteiger partial charge is 0.0797 e. The van der Waals surface area contributed by atoms with E-state index < -0.39 is 0 Å². The van der Waals surface area contributed by atoms with E-state index in [-0.39, 0.29) is 0 Å². The molecule has 1 heterocycles. The van der Waals surface area contributed by atoms with Crippen LogP contribution in [0, 0.1) is 18.8 Å². The first kappa shape index (κ1) is 9.35. The molecule has 0 amide bonds. The summed E-state index contributed by atoms with van der Waals surface area (Å²) in [5.41, 5.74) is 1.31. The van der Waals surface area contributed by atoms with Gasteiger partial charge in [-0.25, -0.2) is 0 Å². The summed E-state index contributed by atoms with van der Waals surface area (Å²) >= 11 is 1.73. The molecular formula is C11H14S. The fourth-order valence-electron chi connectivity index (χ4n) is 0.909. The minimum Gasteiger partial charge on any atom is -0.135 e. The Bertz CT molecular complexity index is 285. The van der Waals surface area contributed by atoms with Gasteiger partial charge in [0, 0.05) is 6.42 Å². The Labute approximate surface area is 78.6 Å². The van der Waals surface area contributed by atoms with Gasteiger partial charge in [-0.3, -0.25) is 0 Å². The predicted octanol–water partition coefficient (Wildman–Crippen LogP) is 3.60. The molecule has 0 nitrogen and oxygen atoms in total. The molecule has 0 atom stereocenters. The molecule has 64 valence electrons. The van der Waals surface area contributed by atoms with Gasteiger partial charge in [-0.2, -0.15) is 0 Å². The zero-order valence-corrected chi connectivity index (χ0v) is 8.50. The van der Waals surface area contributed by atoms with Gasteiger partial charge in [0.05, 0.1) is 4.88 Å². The van der Waals surface area contributed by atoms with Crippen molar-refractivity contribution in [3.05, 3.63) is 21.9 Å². The molecule has 0 radical (unpaired) electrons. The quantitative estimate of drug-likeness (QED) is 0.479. The van der Waals surface area contributed by atoms with Crippen LogP contribution in [0.1, 0.15) is 36.6 Å². The van der Waals surface area contributed by atoms with E-state index in [1.54, 1.807) is 11.3 Å². The fraction of sp³-hybridized carbons (Fsp3) is 0.455. The largest absolute Gasteiger partial charge is 0.135 e. The van der Waals surface area contributed by atoms with Gasteiger partial charge in [-0.1, -0.05) is 25.2 Å². The highest BCUT2D eigenvalue weighted by atomic mass is 32.1. The summed E-state index contributed by atoms with van der Waals surface area (Å²) in [6, 6.07) is 2.12. The van der Waals surface area contributed by atoms with Crippen molar-refractivity contribution in [3.63, 3.8) is 0 Å². The Kier molecular flexibility index (Phi) is 3.90. The lowest BCUT2D eigenvalue weighted by atomic mass is 10.2. The van der Waals surface area contributed by atoms with Crippen LogP contribution in [0.4, 0.5) is 0 Å². The van der Waals surface area contributed by atoms with Gasteiger partial charge in [0.2, 0.25) is 0 Å². The average Bonchev–Trinajstić information content (AvgIpc) is 2.46. The number of thiophene rings is 1. The maximum atomic E-state index is 3.20. The minimum absolute atomic E-state index is 1.04. The summed E-state index contributed by atoms with van der Waals surface area (Å²) < 4.78 is 0. The van der Waals surface area contributed by atoms with E-state index in [1.807, 2.05) is 0 Å². The van der Waals surface area contributed by atoms with Crippen LogP contribution < -0.4 is 0 Å². The SMILES string of the molecule is CCCCC#Cc1sccc1C. The van der Waals surface area contributed by atoms with E-state index in [9.17, 15) is 0 Å². The molecule has 1 aromatic rings. The van der Waals surface area contributed by atoms with Crippen molar-refractivity contribution in [3.8, 4) is 11.8 Å². The number of unbranched alkanes of at least 4 members (excludes halogenated alkanes) is 2. The molecule has 1 aromatic heterocycles. The van der Waals surface area contributed by atoms with Crippen molar-refractivity contribution in [2.24, 2.45) is 0 Å². The molecule has 0 saturated heterocycles. The third-order valence-corrected chi connectivity index (χ3v) is 2.65. The maximum Gasteiger partial charge on any atom is 0.0797 e. The van der Waals surface area contributed by atoms with Crippen LogP contribution in [0.3, 0.4) is 0 Å². The van der Waals surface area contributed by atoms with Crippen molar-refractivity contribution < 1.29 is 0 Å². The Morgan fingerprint density at radius 2 is 2.33 bits per heavy atom. The number of rotatable bonds is 2. The van der Waals surface area contributed by atoms with Crippen LogP contribution in [0.15, 0.2) is 11.4 Å². The van der Waals surface area contributed by atoms with Gasteiger partial charge in [-0.05, 0) is 30.4 Å². The molecule has 0 spiro atoms. The molecule has 0 saturated carbocycles. The standard InChI is InChI=1S/C11H14S/c1-3-4-5-6-7-11-10(2)8-9-12-11/h8-9H,3-5H2,1-2H3. The predicted molar refractivity (Wildman–Crippen MR) is 55.5 cm³/mol. The lowest BCUT2D eigenvalue weighted by Crippen LogP contribution is -1.71. The van der Waals surface area contributed by atoms with Crippen LogP contribution in [0.5, 0.6) is 0 Å². The van der Waals surface area contributed by atoms with Crippen molar-refractivity contribution in [1.29, 1.82) is 0 Å². The monoisotopic (exact) mass is 178 g/mol. The third-order valence-electron chi connectivity index (χ3n) is 1.72. The van der Waals surface area contributed by atoms with Crippen LogP contribution >= 0.6 is 11.3 Å². The topological polar surface area (TPSA) is 0 Å². The van der Waals surface area contributed by atoms with E-state index in [4.69, 9.17) is 0 Å². The maximum absolute atomic E-state index is 3.20. The summed E-state index contributed by atoms with van der Waals surface area (Å²) in [4.78, 5) is 1.23. The lowest BCUT2D eigenvalue weighted by molar-refractivity contribution is 0.828. The van der Waals surface area contributed by atoms with Gasteiger partial charge in [0.25, 0.3) is 0 Å². The molecule has 0 aliphatic rings. The summed E-state index contributed by atoms with van der Waals surface area (Å²) in [6.07, 6.45) is 3.49. The zero-order valence-electron chi connectivity index (χ0n) is 7.68. The highest BCUT2D eigenvalue weighted by molar-refractivity contribution is 7.10. The molecule has 0 bridgehead atoms. The van der Waals surface area contributed by atoms with Crippen molar-refractivity contribution in [2.45, 2.75) is 33.1 Å². The van der Waals surface area contributed by atoms with Crippen molar-refractivity contribution >= 4 is 11.3 Å². The van der Waals surface area contributed by atoms with Gasteiger partial charge in [-0.15, -0.1) is 11.3 Å². The second-order valence-electron chi connectivity index (χ2n) is 2.84. The third kappa shape index (κ3) is 2.71. The van der Waals surface area contributed by atoms with Crippen LogP contribution in [0.2, 0.25) is 0 Å². The fourth-order valence-corrected chi connectivity index (χ4v) is 1.70. The van der Waals surface area contributed by atoms with Crippen LogP contribution in [0.25, 0.3) is 0 Å². The average molecular weight is 178 g/mol. The number of hydrogen-bond acceptors (Lipinski definition) is 1. The molecule has 0 aromatic carbocycles. The van der Waals surface area contributed by atoms with Crippen molar-refractivity contribution in [2.75, 3.05) is 0 Å². The molecule has 0 unspecified atom stereocenters. The molecule has 0 aliphatic heterocycles. The zero-order chi connectivity index (χ0) is 8.81. The Morgan fingerprint density at radius 1 is 1.50 bits per heavy atom. The number of aryl methyl sites for hydroxylation is 1. The van der Waals surface area contributed by atoms with Gasteiger partial charge >= 0.3 is 0 Å². The normalized spacial score (nSPS) is 9.17. The number of hydrogen-bond donors (Lipinski definition) is 0. The van der Waals surface area contributed by atoms with Crippen molar-refractivity contribution in [1.82, 2.24) is 0 Å². The highest BCUT2D eigenvalue weighted by Crippen LogP contribution is 2.13. The Morgan fingerprint density at radius 3 is 2.92 bits per heavy atom. The highest BCUT2D eigenvalue weighted by Gasteiger charge is 1.92. The minimum atomic E-state index is 1.04. The van der Waals surface area contributed by atoms with E-state index in [0.717, 1.165) is 6.42 Å². The van der Waals surface area contributed by atoms with Crippen LogP contribution in [-0.2, 0) is 0 Å². The molecular weight excluding hydrogens is 164 g/mol. The lowest BCUT2D eigenvalue weighted by Gasteiger charge is -1.85. The molecule has 0 fully saturated rings. The molecule has 1 heteroatoms. The molecule has 1 rings (SSSR count). The first-order chi connectivity index (χ1) is 5.84. The first-order valence-electron chi connectivity index (χ1n) is 4.37. The van der Waals surface area contributed by atoms with E-state index in [1.165, 1.54) is 23.3 Å². The first-order valence-corrected chi connectivity index (χ1v) is 5.25. The summed E-state index contributed by atoms with van der Waals surface area (Å²) in [7, 11) is 0.